The van der Waals surface area contributed by atoms with Gasteiger partial charge in [0.15, 0.2) is 5.43 Å². The third kappa shape index (κ3) is 1.44. The lowest BCUT2D eigenvalue weighted by atomic mass is 9.94. The van der Waals surface area contributed by atoms with E-state index < -0.39 is 0 Å². The highest BCUT2D eigenvalue weighted by Gasteiger charge is 2.19. The lowest BCUT2D eigenvalue weighted by Crippen LogP contribution is -2.21. The summed E-state index contributed by atoms with van der Waals surface area (Å²) in [6.45, 7) is 4.91. The van der Waals surface area contributed by atoms with Gasteiger partial charge >= 0.3 is 0 Å². The van der Waals surface area contributed by atoms with Gasteiger partial charge in [-0.15, -0.1) is 0 Å². The molecular formula is C15H15NO. The van der Waals surface area contributed by atoms with Crippen LogP contribution in [0.2, 0.25) is 0 Å². The first-order chi connectivity index (χ1) is 8.18. The van der Waals surface area contributed by atoms with Crippen molar-refractivity contribution in [3.05, 3.63) is 57.4 Å². The zero-order valence-electron chi connectivity index (χ0n) is 10.2. The van der Waals surface area contributed by atoms with Gasteiger partial charge in [-0.05, 0) is 25.8 Å². The summed E-state index contributed by atoms with van der Waals surface area (Å²) in [5.74, 6) is 0. The maximum atomic E-state index is 11.9. The molecule has 1 aromatic heterocycles. The Hall–Kier alpha value is -1.83. The topological polar surface area (TPSA) is 22.0 Å². The lowest BCUT2D eigenvalue weighted by molar-refractivity contribution is 0.656. The molecule has 0 unspecified atom stereocenters. The maximum absolute atomic E-state index is 11.9. The van der Waals surface area contributed by atoms with E-state index in [9.17, 15) is 4.79 Å². The Balaban J connectivity index is 2.42. The van der Waals surface area contributed by atoms with Crippen molar-refractivity contribution in [3.8, 4) is 11.3 Å². The van der Waals surface area contributed by atoms with Crippen LogP contribution in [0.5, 0.6) is 0 Å². The summed E-state index contributed by atoms with van der Waals surface area (Å²) in [6.07, 6.45) is 1.05. The van der Waals surface area contributed by atoms with Crippen LogP contribution >= 0.6 is 0 Å². The molecule has 1 aliphatic heterocycles. The van der Waals surface area contributed by atoms with E-state index in [0.29, 0.717) is 0 Å². The van der Waals surface area contributed by atoms with Crippen molar-refractivity contribution < 1.29 is 0 Å². The second kappa shape index (κ2) is 3.59. The van der Waals surface area contributed by atoms with Gasteiger partial charge < -0.3 is 4.57 Å². The van der Waals surface area contributed by atoms with Crippen molar-refractivity contribution in [2.24, 2.45) is 0 Å². The Morgan fingerprint density at radius 2 is 1.94 bits per heavy atom. The molecule has 3 rings (SSSR count). The smallest absolute Gasteiger partial charge is 0.185 e. The van der Waals surface area contributed by atoms with E-state index in [1.54, 1.807) is 6.07 Å². The highest BCUT2D eigenvalue weighted by molar-refractivity contribution is 5.69. The average molecular weight is 225 g/mol. The predicted octanol–water partition coefficient (Wildman–Crippen LogP) is 2.69. The zero-order valence-corrected chi connectivity index (χ0v) is 10.2. The zero-order chi connectivity index (χ0) is 12.0. The molecule has 0 N–H and O–H groups in total. The number of fused-ring (bicyclic) bond motifs is 3. The number of aromatic nitrogens is 1. The van der Waals surface area contributed by atoms with Gasteiger partial charge in [0.05, 0.1) is 5.69 Å². The minimum absolute atomic E-state index is 0.144. The Labute approximate surface area is 101 Å². The van der Waals surface area contributed by atoms with Crippen molar-refractivity contribution in [1.29, 1.82) is 0 Å². The Bertz CT molecular complexity index is 652. The summed E-state index contributed by atoms with van der Waals surface area (Å²) >= 11 is 0. The van der Waals surface area contributed by atoms with E-state index in [1.165, 1.54) is 11.1 Å². The van der Waals surface area contributed by atoms with Gasteiger partial charge in [-0.2, -0.15) is 0 Å². The highest BCUT2D eigenvalue weighted by atomic mass is 16.1. The Kier molecular flexibility index (Phi) is 2.18. The van der Waals surface area contributed by atoms with E-state index in [-0.39, 0.29) is 5.43 Å². The fourth-order valence-electron chi connectivity index (χ4n) is 2.71. The van der Waals surface area contributed by atoms with E-state index in [4.69, 9.17) is 0 Å². The number of pyridine rings is 1. The van der Waals surface area contributed by atoms with Crippen molar-refractivity contribution in [3.63, 3.8) is 0 Å². The van der Waals surface area contributed by atoms with E-state index in [2.05, 4.69) is 22.8 Å². The molecule has 0 atom stereocenters. The second-order valence-electron chi connectivity index (χ2n) is 4.68. The van der Waals surface area contributed by atoms with Crippen molar-refractivity contribution in [1.82, 2.24) is 4.57 Å². The minimum atomic E-state index is 0.144. The fourth-order valence-corrected chi connectivity index (χ4v) is 2.71. The van der Waals surface area contributed by atoms with Gasteiger partial charge in [0.25, 0.3) is 0 Å². The molecule has 17 heavy (non-hydrogen) atoms. The van der Waals surface area contributed by atoms with Crippen LogP contribution < -0.4 is 5.43 Å². The quantitative estimate of drug-likeness (QED) is 0.675. The normalized spacial score (nSPS) is 13.1. The summed E-state index contributed by atoms with van der Waals surface area (Å²) in [5.41, 5.74) is 5.74. The first-order valence-electron chi connectivity index (χ1n) is 5.98. The van der Waals surface area contributed by atoms with Crippen LogP contribution in [0.4, 0.5) is 0 Å². The molecule has 2 heteroatoms. The van der Waals surface area contributed by atoms with Crippen LogP contribution in [-0.2, 0) is 13.0 Å². The maximum Gasteiger partial charge on any atom is 0.185 e. The number of hydrogen-bond donors (Lipinski definition) is 0. The number of benzene rings is 1. The lowest BCUT2D eigenvalue weighted by Gasteiger charge is -2.25. The first-order valence-corrected chi connectivity index (χ1v) is 5.98. The molecule has 0 spiro atoms. The summed E-state index contributed by atoms with van der Waals surface area (Å²) in [6, 6.07) is 10.1. The van der Waals surface area contributed by atoms with Crippen molar-refractivity contribution in [2.45, 2.75) is 26.8 Å². The van der Waals surface area contributed by atoms with Gasteiger partial charge in [0, 0.05) is 29.4 Å². The van der Waals surface area contributed by atoms with Crippen LogP contribution in [-0.4, -0.2) is 4.57 Å². The van der Waals surface area contributed by atoms with Crippen LogP contribution in [0.25, 0.3) is 11.3 Å². The molecule has 0 radical (unpaired) electrons. The molecule has 0 saturated heterocycles. The van der Waals surface area contributed by atoms with Gasteiger partial charge in [0.2, 0.25) is 0 Å². The van der Waals surface area contributed by atoms with E-state index in [1.807, 2.05) is 19.9 Å². The number of rotatable bonds is 0. The number of nitrogens with zero attached hydrogens (tertiary/aromatic N) is 1. The standard InChI is InChI=1S/C15H15NO/c1-10-9-14(17)11(2)15-13-6-4-3-5-12(13)7-8-16(10)15/h3-6,9H,7-8H2,1-2H3. The molecular weight excluding hydrogens is 210 g/mol. The van der Waals surface area contributed by atoms with E-state index in [0.717, 1.165) is 29.9 Å². The molecule has 0 fully saturated rings. The summed E-state index contributed by atoms with van der Waals surface area (Å²) in [7, 11) is 0. The van der Waals surface area contributed by atoms with Gasteiger partial charge in [-0.1, -0.05) is 24.3 Å². The molecule has 2 aromatic rings. The Morgan fingerprint density at radius 1 is 1.18 bits per heavy atom. The van der Waals surface area contributed by atoms with Crippen LogP contribution in [0.3, 0.4) is 0 Å². The SMILES string of the molecule is Cc1c2n(c(C)cc1=O)CCc1ccccc1-2. The van der Waals surface area contributed by atoms with E-state index >= 15 is 0 Å². The molecule has 1 aromatic carbocycles. The molecule has 2 heterocycles. The van der Waals surface area contributed by atoms with Crippen LogP contribution in [0.15, 0.2) is 35.1 Å². The molecule has 1 aliphatic rings. The molecule has 0 aliphatic carbocycles. The van der Waals surface area contributed by atoms with Gasteiger partial charge in [0.1, 0.15) is 0 Å². The summed E-state index contributed by atoms with van der Waals surface area (Å²) in [5, 5.41) is 0. The first kappa shape index (κ1) is 10.3. The van der Waals surface area contributed by atoms with Gasteiger partial charge in [-0.3, -0.25) is 4.79 Å². The molecule has 0 bridgehead atoms. The minimum Gasteiger partial charge on any atom is -0.344 e. The second-order valence-corrected chi connectivity index (χ2v) is 4.68. The van der Waals surface area contributed by atoms with Crippen LogP contribution in [0, 0.1) is 13.8 Å². The third-order valence-corrected chi connectivity index (χ3v) is 3.64. The summed E-state index contributed by atoms with van der Waals surface area (Å²) < 4.78 is 2.26. The van der Waals surface area contributed by atoms with Crippen molar-refractivity contribution in [2.75, 3.05) is 0 Å². The van der Waals surface area contributed by atoms with Crippen molar-refractivity contribution >= 4 is 0 Å². The van der Waals surface area contributed by atoms with Crippen LogP contribution in [0.1, 0.15) is 16.8 Å². The number of hydrogen-bond acceptors (Lipinski definition) is 1. The fraction of sp³-hybridized carbons (Fsp3) is 0.267. The number of aryl methyl sites for hydroxylation is 2. The largest absolute Gasteiger partial charge is 0.344 e. The molecule has 0 saturated carbocycles. The van der Waals surface area contributed by atoms with Gasteiger partial charge in [-0.25, -0.2) is 0 Å². The Morgan fingerprint density at radius 3 is 2.76 bits per heavy atom. The average Bonchev–Trinajstić information content (AvgIpc) is 2.35. The highest BCUT2D eigenvalue weighted by Crippen LogP contribution is 2.30. The monoisotopic (exact) mass is 225 g/mol. The molecule has 86 valence electrons. The molecule has 0 amide bonds. The summed E-state index contributed by atoms with van der Waals surface area (Å²) in [4.78, 5) is 11.9. The predicted molar refractivity (Wildman–Crippen MR) is 69.3 cm³/mol. The third-order valence-electron chi connectivity index (χ3n) is 3.64. The molecule has 2 nitrogen and oxygen atoms in total.